The van der Waals surface area contributed by atoms with E-state index in [2.05, 4.69) is 91.9 Å². The summed E-state index contributed by atoms with van der Waals surface area (Å²) in [7, 11) is 0. The van der Waals surface area contributed by atoms with Crippen molar-refractivity contribution in [3.8, 4) is 22.3 Å². The van der Waals surface area contributed by atoms with Crippen molar-refractivity contribution in [2.45, 2.75) is 51.9 Å². The van der Waals surface area contributed by atoms with Gasteiger partial charge in [0.1, 0.15) is 0 Å². The first-order valence-corrected chi connectivity index (χ1v) is 13.4. The lowest BCUT2D eigenvalue weighted by atomic mass is 9.74. The molecule has 0 heteroatoms. The molecule has 0 amide bonds. The first-order valence-electron chi connectivity index (χ1n) is 13.4. The molecule has 7 rings (SSSR count). The van der Waals surface area contributed by atoms with Crippen LogP contribution in [0.5, 0.6) is 0 Å². The van der Waals surface area contributed by atoms with E-state index in [4.69, 9.17) is 0 Å². The molecule has 1 atom stereocenters. The van der Waals surface area contributed by atoms with Crippen LogP contribution < -0.4 is 0 Å². The molecule has 0 bridgehead atoms. The zero-order valence-corrected chi connectivity index (χ0v) is 20.6. The van der Waals surface area contributed by atoms with Gasteiger partial charge in [-0.05, 0) is 123 Å². The van der Waals surface area contributed by atoms with Crippen LogP contribution in [0.4, 0.5) is 0 Å². The van der Waals surface area contributed by atoms with Crippen LogP contribution in [0.2, 0.25) is 0 Å². The Morgan fingerprint density at radius 3 is 2.06 bits per heavy atom. The summed E-state index contributed by atoms with van der Waals surface area (Å²) in [6, 6.07) is 32.4. The van der Waals surface area contributed by atoms with Crippen molar-refractivity contribution in [3.05, 3.63) is 107 Å². The molecule has 0 N–H and O–H groups in total. The lowest BCUT2D eigenvalue weighted by Gasteiger charge is -2.30. The highest BCUT2D eigenvalue weighted by molar-refractivity contribution is 6.09. The van der Waals surface area contributed by atoms with Crippen molar-refractivity contribution in [2.75, 3.05) is 0 Å². The van der Waals surface area contributed by atoms with Crippen molar-refractivity contribution in [2.24, 2.45) is 5.92 Å². The quantitative estimate of drug-likeness (QED) is 0.250. The lowest BCUT2D eigenvalue weighted by molar-refractivity contribution is 0.503. The molecule has 0 saturated carbocycles. The van der Waals surface area contributed by atoms with E-state index in [1.165, 1.54) is 88.7 Å². The lowest BCUT2D eigenvalue weighted by Crippen LogP contribution is -2.14. The van der Waals surface area contributed by atoms with E-state index in [0.717, 1.165) is 5.92 Å². The molecular formula is C35H32. The Balaban J connectivity index is 1.54. The van der Waals surface area contributed by atoms with E-state index in [1.54, 1.807) is 22.3 Å². The van der Waals surface area contributed by atoms with Gasteiger partial charge in [-0.15, -0.1) is 0 Å². The van der Waals surface area contributed by atoms with E-state index < -0.39 is 0 Å². The number of fused-ring (bicyclic) bond motifs is 4. The van der Waals surface area contributed by atoms with Crippen LogP contribution in [-0.4, -0.2) is 0 Å². The smallest absolute Gasteiger partial charge is 0.00698 e. The Hall–Kier alpha value is -3.38. The van der Waals surface area contributed by atoms with Crippen molar-refractivity contribution in [1.29, 1.82) is 0 Å². The maximum absolute atomic E-state index is 2.53. The van der Waals surface area contributed by atoms with Crippen LogP contribution in [0.3, 0.4) is 0 Å². The predicted octanol–water partition coefficient (Wildman–Crippen LogP) is 9.33. The number of rotatable bonds is 2. The van der Waals surface area contributed by atoms with Gasteiger partial charge >= 0.3 is 0 Å². The highest BCUT2D eigenvalue weighted by Crippen LogP contribution is 2.46. The summed E-state index contributed by atoms with van der Waals surface area (Å²) in [4.78, 5) is 0. The van der Waals surface area contributed by atoms with E-state index >= 15 is 0 Å². The summed E-state index contributed by atoms with van der Waals surface area (Å²) in [6.07, 6.45) is 8.76. The van der Waals surface area contributed by atoms with Crippen LogP contribution in [0, 0.1) is 5.92 Å². The van der Waals surface area contributed by atoms with Crippen LogP contribution in [0.25, 0.3) is 43.8 Å². The Morgan fingerprint density at radius 1 is 0.571 bits per heavy atom. The Labute approximate surface area is 208 Å². The largest absolute Gasteiger partial charge is 0.0622 e. The molecule has 2 aliphatic rings. The number of aryl methyl sites for hydroxylation is 2. The third kappa shape index (κ3) is 3.50. The second-order valence-electron chi connectivity index (χ2n) is 10.9. The van der Waals surface area contributed by atoms with Gasteiger partial charge < -0.3 is 0 Å². The normalized spacial score (nSPS) is 17.3. The van der Waals surface area contributed by atoms with Gasteiger partial charge in [0.05, 0.1) is 0 Å². The molecule has 5 aromatic carbocycles. The molecule has 0 spiro atoms. The number of benzene rings is 5. The average Bonchev–Trinajstić information content (AvgIpc) is 2.91. The Bertz CT molecular complexity index is 1590. The fourth-order valence-corrected chi connectivity index (χ4v) is 6.78. The second-order valence-corrected chi connectivity index (χ2v) is 10.9. The third-order valence-corrected chi connectivity index (χ3v) is 8.55. The van der Waals surface area contributed by atoms with Gasteiger partial charge in [-0.2, -0.15) is 0 Å². The maximum Gasteiger partial charge on any atom is -0.00698 e. The minimum Gasteiger partial charge on any atom is -0.0622 e. The number of hydrogen-bond acceptors (Lipinski definition) is 0. The molecular weight excluding hydrogens is 420 g/mol. The summed E-state index contributed by atoms with van der Waals surface area (Å²) in [5.41, 5.74) is 12.1. The zero-order valence-electron chi connectivity index (χ0n) is 20.6. The molecule has 1 unspecified atom stereocenters. The molecule has 0 aliphatic heterocycles. The summed E-state index contributed by atoms with van der Waals surface area (Å²) >= 11 is 0. The fraction of sp³-hybridized carbons (Fsp3) is 0.257. The highest BCUT2D eigenvalue weighted by atomic mass is 14.3. The highest BCUT2D eigenvalue weighted by Gasteiger charge is 2.26. The summed E-state index contributed by atoms with van der Waals surface area (Å²) in [5.74, 6) is 0.722. The average molecular weight is 453 g/mol. The van der Waals surface area contributed by atoms with Gasteiger partial charge in [-0.25, -0.2) is 0 Å². The van der Waals surface area contributed by atoms with E-state index in [0.29, 0.717) is 0 Å². The molecule has 0 fully saturated rings. The molecule has 0 radical (unpaired) electrons. The Kier molecular flexibility index (Phi) is 5.02. The van der Waals surface area contributed by atoms with E-state index in [-0.39, 0.29) is 0 Å². The Morgan fingerprint density at radius 2 is 1.23 bits per heavy atom. The SMILES string of the molecule is CC1CCc2c(c(-c3ccc4ccccc4c3)c3ccccc3c2-c2ccc3c(c2)CCCC3)C1. The molecule has 5 aromatic rings. The van der Waals surface area contributed by atoms with Crippen LogP contribution in [0.1, 0.15) is 48.4 Å². The van der Waals surface area contributed by atoms with Crippen LogP contribution >= 0.6 is 0 Å². The first-order chi connectivity index (χ1) is 17.3. The summed E-state index contributed by atoms with van der Waals surface area (Å²) in [5, 5.41) is 5.46. The zero-order chi connectivity index (χ0) is 23.4. The van der Waals surface area contributed by atoms with Crippen molar-refractivity contribution < 1.29 is 0 Å². The van der Waals surface area contributed by atoms with Gasteiger partial charge in [-0.3, -0.25) is 0 Å². The standard InChI is InChI=1S/C35H32/c1-23-14-19-32-33(20-23)35(29-18-16-25-9-3-5-11-27(25)22-29)31-13-7-6-12-30(31)34(32)28-17-15-24-8-2-4-10-26(24)21-28/h3,5-7,9,11-13,15-18,21-23H,2,4,8,10,14,19-20H2,1H3. The van der Waals surface area contributed by atoms with Gasteiger partial charge in [-0.1, -0.05) is 85.8 Å². The maximum atomic E-state index is 2.53. The monoisotopic (exact) mass is 452 g/mol. The predicted molar refractivity (Wildman–Crippen MR) is 150 cm³/mol. The van der Waals surface area contributed by atoms with Crippen molar-refractivity contribution in [1.82, 2.24) is 0 Å². The fourth-order valence-electron chi connectivity index (χ4n) is 6.78. The number of hydrogen-bond donors (Lipinski definition) is 0. The van der Waals surface area contributed by atoms with Crippen LogP contribution in [-0.2, 0) is 25.7 Å². The summed E-state index contributed by atoms with van der Waals surface area (Å²) in [6.45, 7) is 2.43. The second kappa shape index (κ2) is 8.38. The van der Waals surface area contributed by atoms with Gasteiger partial charge in [0.15, 0.2) is 0 Å². The van der Waals surface area contributed by atoms with Gasteiger partial charge in [0.25, 0.3) is 0 Å². The molecule has 172 valence electrons. The molecule has 35 heavy (non-hydrogen) atoms. The molecule has 0 heterocycles. The molecule has 2 aliphatic carbocycles. The van der Waals surface area contributed by atoms with E-state index in [9.17, 15) is 0 Å². The molecule has 0 saturated heterocycles. The molecule has 0 nitrogen and oxygen atoms in total. The van der Waals surface area contributed by atoms with Gasteiger partial charge in [0, 0.05) is 0 Å². The van der Waals surface area contributed by atoms with Gasteiger partial charge in [0.2, 0.25) is 0 Å². The van der Waals surface area contributed by atoms with Crippen molar-refractivity contribution in [3.63, 3.8) is 0 Å². The van der Waals surface area contributed by atoms with E-state index in [1.807, 2.05) is 0 Å². The van der Waals surface area contributed by atoms with Crippen molar-refractivity contribution >= 4 is 21.5 Å². The topological polar surface area (TPSA) is 0 Å². The first kappa shape index (κ1) is 20.9. The molecule has 0 aromatic heterocycles. The minimum atomic E-state index is 0.722. The summed E-state index contributed by atoms with van der Waals surface area (Å²) < 4.78 is 0. The van der Waals surface area contributed by atoms with Crippen LogP contribution in [0.15, 0.2) is 84.9 Å². The third-order valence-electron chi connectivity index (χ3n) is 8.55. The minimum absolute atomic E-state index is 0.722.